The highest BCUT2D eigenvalue weighted by Crippen LogP contribution is 2.23. The van der Waals surface area contributed by atoms with Crippen molar-refractivity contribution in [1.29, 1.82) is 0 Å². The van der Waals surface area contributed by atoms with Gasteiger partial charge in [0.2, 0.25) is 5.88 Å². The first-order chi connectivity index (χ1) is 14.7. The molecular weight excluding hydrogens is 380 g/mol. The van der Waals surface area contributed by atoms with Gasteiger partial charge in [-0.1, -0.05) is 12.5 Å². The maximum Gasteiger partial charge on any atom is 0.256 e. The molecule has 0 unspecified atom stereocenters. The molecule has 0 bridgehead atoms. The lowest BCUT2D eigenvalue weighted by molar-refractivity contribution is 0.148. The summed E-state index contributed by atoms with van der Waals surface area (Å²) in [5, 5.41) is 0. The van der Waals surface area contributed by atoms with Gasteiger partial charge in [-0.2, -0.15) is 0 Å². The second-order valence-electron chi connectivity index (χ2n) is 8.16. The van der Waals surface area contributed by atoms with E-state index in [-0.39, 0.29) is 5.56 Å². The van der Waals surface area contributed by atoms with Gasteiger partial charge in [-0.05, 0) is 43.4 Å². The Morgan fingerprint density at radius 3 is 2.87 bits per heavy atom. The number of hydrogen-bond donors (Lipinski definition) is 1. The van der Waals surface area contributed by atoms with Crippen LogP contribution in [0.5, 0.6) is 5.88 Å². The molecule has 5 rings (SSSR count). The predicted molar refractivity (Wildman–Crippen MR) is 112 cm³/mol. The fourth-order valence-electron chi connectivity index (χ4n) is 4.33. The van der Waals surface area contributed by atoms with Crippen LogP contribution in [-0.2, 0) is 19.5 Å². The Hall–Kier alpha value is -2.93. The van der Waals surface area contributed by atoms with Crippen LogP contribution in [0.25, 0.3) is 11.6 Å². The van der Waals surface area contributed by atoms with Crippen molar-refractivity contribution >= 4 is 0 Å². The molecule has 0 amide bonds. The number of aromatic nitrogens is 3. The van der Waals surface area contributed by atoms with Crippen molar-refractivity contribution in [1.82, 2.24) is 19.9 Å². The van der Waals surface area contributed by atoms with Crippen molar-refractivity contribution in [2.45, 2.75) is 57.7 Å². The maximum absolute atomic E-state index is 12.6. The number of aromatic amines is 1. The Bertz CT molecular complexity index is 1040. The van der Waals surface area contributed by atoms with Crippen LogP contribution in [0.3, 0.4) is 0 Å². The molecule has 3 aromatic heterocycles. The molecular formula is C23H26N4O3. The van der Waals surface area contributed by atoms with Crippen molar-refractivity contribution in [2.24, 2.45) is 0 Å². The van der Waals surface area contributed by atoms with Gasteiger partial charge in [0.15, 0.2) is 11.6 Å². The smallest absolute Gasteiger partial charge is 0.256 e. The number of hydrogen-bond acceptors (Lipinski definition) is 6. The van der Waals surface area contributed by atoms with Crippen molar-refractivity contribution in [3.05, 3.63) is 63.9 Å². The zero-order chi connectivity index (χ0) is 20.3. The molecule has 0 aromatic carbocycles. The third kappa shape index (κ3) is 4.16. The molecule has 30 heavy (non-hydrogen) atoms. The molecule has 0 spiro atoms. The number of nitrogens with zero attached hydrogens (tertiary/aromatic N) is 3. The average molecular weight is 406 g/mol. The summed E-state index contributed by atoms with van der Waals surface area (Å²) in [6, 6.07) is 7.62. The van der Waals surface area contributed by atoms with E-state index in [4.69, 9.17) is 9.15 Å². The van der Waals surface area contributed by atoms with E-state index in [1.54, 1.807) is 18.4 Å². The van der Waals surface area contributed by atoms with Crippen molar-refractivity contribution in [3.8, 4) is 17.5 Å². The van der Waals surface area contributed by atoms with Crippen LogP contribution >= 0.6 is 0 Å². The average Bonchev–Trinajstić information content (AvgIpc) is 3.31. The largest absolute Gasteiger partial charge is 0.474 e. The van der Waals surface area contributed by atoms with E-state index in [0.717, 1.165) is 49.2 Å². The molecule has 0 radical (unpaired) electrons. The van der Waals surface area contributed by atoms with Crippen molar-refractivity contribution in [2.75, 3.05) is 6.54 Å². The monoisotopic (exact) mass is 406 g/mol. The molecule has 1 aliphatic carbocycles. The van der Waals surface area contributed by atoms with Crippen LogP contribution in [0.1, 0.15) is 48.9 Å². The van der Waals surface area contributed by atoms with Crippen LogP contribution in [0.2, 0.25) is 0 Å². The standard InChI is InChI=1S/C23H26N4O3/c28-23-18-15-27(11-10-19(18)25-22(26-23)20-7-4-12-29-20)14-16-8-9-21(24-13-16)30-17-5-2-1-3-6-17/h4,7-9,12-13,17H,1-3,5-6,10-11,14-15H2,(H,25,26,28). The van der Waals surface area contributed by atoms with Gasteiger partial charge >= 0.3 is 0 Å². The van der Waals surface area contributed by atoms with Crippen LogP contribution in [0.15, 0.2) is 45.9 Å². The molecule has 1 aliphatic heterocycles. The van der Waals surface area contributed by atoms with E-state index >= 15 is 0 Å². The van der Waals surface area contributed by atoms with Crippen molar-refractivity contribution in [3.63, 3.8) is 0 Å². The lowest BCUT2D eigenvalue weighted by Gasteiger charge is -2.27. The highest BCUT2D eigenvalue weighted by Gasteiger charge is 2.22. The fraction of sp³-hybridized carbons (Fsp3) is 0.435. The van der Waals surface area contributed by atoms with E-state index in [0.29, 0.717) is 30.1 Å². The first-order valence-corrected chi connectivity index (χ1v) is 10.7. The highest BCUT2D eigenvalue weighted by atomic mass is 16.5. The molecule has 2 aliphatic rings. The Labute approximate surface area is 175 Å². The quantitative estimate of drug-likeness (QED) is 0.696. The molecule has 4 heterocycles. The number of fused-ring (bicyclic) bond motifs is 1. The first kappa shape index (κ1) is 19.1. The molecule has 156 valence electrons. The summed E-state index contributed by atoms with van der Waals surface area (Å²) in [5.74, 6) is 1.79. The Morgan fingerprint density at radius 2 is 2.10 bits per heavy atom. The number of furan rings is 1. The predicted octanol–water partition coefficient (Wildman–Crippen LogP) is 3.69. The van der Waals surface area contributed by atoms with Gasteiger partial charge < -0.3 is 14.1 Å². The van der Waals surface area contributed by atoms with E-state index < -0.39 is 0 Å². The first-order valence-electron chi connectivity index (χ1n) is 10.7. The van der Waals surface area contributed by atoms with Gasteiger partial charge in [-0.15, -0.1) is 0 Å². The van der Waals surface area contributed by atoms with E-state index in [2.05, 4.69) is 25.9 Å². The third-order valence-corrected chi connectivity index (χ3v) is 5.95. The summed E-state index contributed by atoms with van der Waals surface area (Å²) in [7, 11) is 0. The molecule has 0 atom stereocenters. The SMILES string of the molecule is O=c1[nH]c(-c2ccco2)nc2c1CN(Cc1ccc(OC3CCCCC3)nc1)CC2. The summed E-state index contributed by atoms with van der Waals surface area (Å²) < 4.78 is 11.4. The lowest BCUT2D eigenvalue weighted by atomic mass is 9.98. The van der Waals surface area contributed by atoms with Gasteiger partial charge in [-0.3, -0.25) is 9.69 Å². The fourth-order valence-corrected chi connectivity index (χ4v) is 4.33. The number of H-pyrrole nitrogens is 1. The van der Waals surface area contributed by atoms with E-state index in [1.165, 1.54) is 19.3 Å². The highest BCUT2D eigenvalue weighted by molar-refractivity contribution is 5.47. The normalized spacial score (nSPS) is 17.6. The van der Waals surface area contributed by atoms with Gasteiger partial charge in [0.05, 0.1) is 17.5 Å². The van der Waals surface area contributed by atoms with Crippen LogP contribution < -0.4 is 10.3 Å². The Morgan fingerprint density at radius 1 is 1.20 bits per heavy atom. The van der Waals surface area contributed by atoms with Crippen LogP contribution in [0.4, 0.5) is 0 Å². The molecule has 3 aromatic rings. The van der Waals surface area contributed by atoms with Gasteiger partial charge in [0.1, 0.15) is 6.10 Å². The van der Waals surface area contributed by atoms with Crippen molar-refractivity contribution < 1.29 is 9.15 Å². The van der Waals surface area contributed by atoms with Gasteiger partial charge in [-0.25, -0.2) is 9.97 Å². The molecule has 7 nitrogen and oxygen atoms in total. The minimum atomic E-state index is -0.0922. The zero-order valence-electron chi connectivity index (χ0n) is 17.0. The molecule has 0 saturated heterocycles. The van der Waals surface area contributed by atoms with Crippen LogP contribution in [-0.4, -0.2) is 32.5 Å². The van der Waals surface area contributed by atoms with E-state index in [9.17, 15) is 4.79 Å². The second kappa shape index (κ2) is 8.44. The number of pyridine rings is 1. The lowest BCUT2D eigenvalue weighted by Crippen LogP contribution is -2.35. The number of nitrogens with one attached hydrogen (secondary N) is 1. The summed E-state index contributed by atoms with van der Waals surface area (Å²) in [4.78, 5) is 26.8. The summed E-state index contributed by atoms with van der Waals surface area (Å²) >= 11 is 0. The summed E-state index contributed by atoms with van der Waals surface area (Å²) in [6.07, 6.45) is 10.6. The molecule has 7 heteroatoms. The molecule has 1 N–H and O–H groups in total. The minimum absolute atomic E-state index is 0.0922. The van der Waals surface area contributed by atoms with Gasteiger partial charge in [0, 0.05) is 38.3 Å². The van der Waals surface area contributed by atoms with Gasteiger partial charge in [0.25, 0.3) is 5.56 Å². The third-order valence-electron chi connectivity index (χ3n) is 5.95. The number of rotatable bonds is 5. The minimum Gasteiger partial charge on any atom is -0.474 e. The number of ether oxygens (including phenoxy) is 1. The summed E-state index contributed by atoms with van der Waals surface area (Å²) in [5.41, 5.74) is 2.62. The molecule has 1 saturated carbocycles. The maximum atomic E-state index is 12.6. The molecule has 1 fully saturated rings. The topological polar surface area (TPSA) is 84.2 Å². The second-order valence-corrected chi connectivity index (χ2v) is 8.16. The van der Waals surface area contributed by atoms with Crippen LogP contribution in [0, 0.1) is 0 Å². The zero-order valence-corrected chi connectivity index (χ0v) is 17.0. The summed E-state index contributed by atoms with van der Waals surface area (Å²) in [6.45, 7) is 2.17. The Kier molecular flexibility index (Phi) is 5.36. The van der Waals surface area contributed by atoms with E-state index in [1.807, 2.05) is 12.3 Å². The Balaban J connectivity index is 1.24.